The topological polar surface area (TPSA) is 38.9 Å². The molecule has 1 aliphatic carbocycles. The van der Waals surface area contributed by atoms with Gasteiger partial charge in [0, 0.05) is 4.88 Å². The molecule has 2 nitrogen and oxygen atoms in total. The first kappa shape index (κ1) is 11.1. The molecule has 0 radical (unpaired) electrons. The number of rotatable bonds is 3. The van der Waals surface area contributed by atoms with Gasteiger partial charge in [-0.15, -0.1) is 11.3 Å². The fourth-order valence-corrected chi connectivity index (χ4v) is 3.31. The molecular weight excluding hydrogens is 204 g/mol. The van der Waals surface area contributed by atoms with E-state index in [1.54, 1.807) is 0 Å². The second-order valence-electron chi connectivity index (χ2n) is 4.87. The predicted molar refractivity (Wildman–Crippen MR) is 65.1 cm³/mol. The molecule has 1 aliphatic rings. The van der Waals surface area contributed by atoms with E-state index in [0.29, 0.717) is 5.92 Å². The normalized spacial score (nSPS) is 17.9. The summed E-state index contributed by atoms with van der Waals surface area (Å²) in [6.07, 6.45) is 6.07. The summed E-state index contributed by atoms with van der Waals surface area (Å²) in [4.78, 5) is 6.19. The summed E-state index contributed by atoms with van der Waals surface area (Å²) in [5.74, 6) is 0.654. The van der Waals surface area contributed by atoms with Crippen LogP contribution >= 0.6 is 11.3 Å². The van der Waals surface area contributed by atoms with Crippen LogP contribution in [0.15, 0.2) is 0 Å². The minimum atomic E-state index is 0.153. The number of nitrogens with zero attached hydrogens (tertiary/aromatic N) is 1. The van der Waals surface area contributed by atoms with Gasteiger partial charge in [-0.1, -0.05) is 13.8 Å². The van der Waals surface area contributed by atoms with Gasteiger partial charge in [0.25, 0.3) is 0 Å². The van der Waals surface area contributed by atoms with E-state index in [4.69, 9.17) is 10.7 Å². The molecule has 84 valence electrons. The van der Waals surface area contributed by atoms with Crippen LogP contribution in [-0.4, -0.2) is 4.98 Å². The number of aromatic nitrogens is 1. The number of nitrogens with two attached hydrogens (primary N) is 1. The molecule has 2 rings (SSSR count). The third-order valence-corrected chi connectivity index (χ3v) is 4.19. The van der Waals surface area contributed by atoms with Crippen molar-refractivity contribution in [3.8, 4) is 0 Å². The van der Waals surface area contributed by atoms with Gasteiger partial charge in [0.15, 0.2) is 0 Å². The Balaban J connectivity index is 2.11. The Labute approximate surface area is 95.9 Å². The molecule has 0 fully saturated rings. The van der Waals surface area contributed by atoms with Crippen LogP contribution in [0, 0.1) is 5.92 Å². The molecule has 0 aromatic carbocycles. The average molecular weight is 224 g/mol. The fourth-order valence-electron chi connectivity index (χ4n) is 2.14. The van der Waals surface area contributed by atoms with Crippen molar-refractivity contribution >= 4 is 11.3 Å². The van der Waals surface area contributed by atoms with Crippen molar-refractivity contribution in [2.45, 2.75) is 52.0 Å². The Hall–Kier alpha value is -0.410. The van der Waals surface area contributed by atoms with Gasteiger partial charge in [0.2, 0.25) is 0 Å². The summed E-state index contributed by atoms with van der Waals surface area (Å²) < 4.78 is 0. The van der Waals surface area contributed by atoms with Crippen molar-refractivity contribution in [2.75, 3.05) is 0 Å². The predicted octanol–water partition coefficient (Wildman–Crippen LogP) is 3.07. The number of thiazole rings is 1. The zero-order chi connectivity index (χ0) is 10.8. The summed E-state index contributed by atoms with van der Waals surface area (Å²) >= 11 is 1.85. The lowest BCUT2D eigenvalue weighted by Crippen LogP contribution is -2.12. The van der Waals surface area contributed by atoms with Crippen molar-refractivity contribution in [3.05, 3.63) is 15.6 Å². The lowest BCUT2D eigenvalue weighted by atomic mass is 10.0. The summed E-state index contributed by atoms with van der Waals surface area (Å²) in [5.41, 5.74) is 7.49. The van der Waals surface area contributed by atoms with Crippen LogP contribution in [-0.2, 0) is 12.8 Å². The number of aryl methyl sites for hydroxylation is 2. The summed E-state index contributed by atoms with van der Waals surface area (Å²) in [7, 11) is 0. The number of hydrogen-bond acceptors (Lipinski definition) is 3. The molecule has 0 aliphatic heterocycles. The van der Waals surface area contributed by atoms with Crippen LogP contribution in [0.3, 0.4) is 0 Å². The molecule has 0 amide bonds. The standard InChI is InChI=1S/C12H20N2S/c1-8(2)7-9(13)12-14-10-5-3-4-6-11(10)15-12/h8-9H,3-7,13H2,1-2H3. The summed E-state index contributed by atoms with van der Waals surface area (Å²) in [6, 6.07) is 0.153. The van der Waals surface area contributed by atoms with E-state index < -0.39 is 0 Å². The first-order valence-corrected chi connectivity index (χ1v) is 6.72. The van der Waals surface area contributed by atoms with E-state index in [-0.39, 0.29) is 6.04 Å². The van der Waals surface area contributed by atoms with E-state index in [1.165, 1.54) is 36.3 Å². The molecule has 0 spiro atoms. The third kappa shape index (κ3) is 2.58. The van der Waals surface area contributed by atoms with Gasteiger partial charge in [-0.2, -0.15) is 0 Å². The minimum Gasteiger partial charge on any atom is -0.322 e. The summed E-state index contributed by atoms with van der Waals surface area (Å²) in [6.45, 7) is 4.43. The van der Waals surface area contributed by atoms with Crippen LogP contribution in [0.5, 0.6) is 0 Å². The third-order valence-electron chi connectivity index (χ3n) is 2.90. The Morgan fingerprint density at radius 3 is 2.73 bits per heavy atom. The highest BCUT2D eigenvalue weighted by Gasteiger charge is 2.18. The Kier molecular flexibility index (Phi) is 3.42. The molecule has 1 unspecified atom stereocenters. The largest absolute Gasteiger partial charge is 0.322 e. The zero-order valence-electron chi connectivity index (χ0n) is 9.62. The van der Waals surface area contributed by atoms with Gasteiger partial charge in [-0.25, -0.2) is 4.98 Å². The Morgan fingerprint density at radius 2 is 2.07 bits per heavy atom. The molecule has 2 N–H and O–H groups in total. The molecule has 0 saturated carbocycles. The van der Waals surface area contributed by atoms with Crippen molar-refractivity contribution in [1.29, 1.82) is 0 Å². The number of hydrogen-bond donors (Lipinski definition) is 1. The van der Waals surface area contributed by atoms with Gasteiger partial charge in [-0.05, 0) is 38.0 Å². The van der Waals surface area contributed by atoms with Crippen LogP contribution in [0.25, 0.3) is 0 Å². The van der Waals surface area contributed by atoms with Crippen molar-refractivity contribution in [2.24, 2.45) is 11.7 Å². The maximum atomic E-state index is 6.16. The highest BCUT2D eigenvalue weighted by Crippen LogP contribution is 2.30. The van der Waals surface area contributed by atoms with E-state index in [9.17, 15) is 0 Å². The van der Waals surface area contributed by atoms with Crippen LogP contribution in [0.2, 0.25) is 0 Å². The Morgan fingerprint density at radius 1 is 1.33 bits per heavy atom. The maximum absolute atomic E-state index is 6.16. The van der Waals surface area contributed by atoms with Crippen LogP contribution in [0.1, 0.15) is 54.7 Å². The molecule has 15 heavy (non-hydrogen) atoms. The number of fused-ring (bicyclic) bond motifs is 1. The van der Waals surface area contributed by atoms with Crippen molar-refractivity contribution in [1.82, 2.24) is 4.98 Å². The van der Waals surface area contributed by atoms with Crippen LogP contribution < -0.4 is 5.73 Å². The first-order valence-electron chi connectivity index (χ1n) is 5.91. The van der Waals surface area contributed by atoms with E-state index in [0.717, 1.165) is 11.4 Å². The molecule has 1 heterocycles. The molecule has 0 saturated heterocycles. The lowest BCUT2D eigenvalue weighted by molar-refractivity contribution is 0.507. The highest BCUT2D eigenvalue weighted by atomic mass is 32.1. The van der Waals surface area contributed by atoms with E-state index in [2.05, 4.69) is 13.8 Å². The molecular formula is C12H20N2S. The van der Waals surface area contributed by atoms with Crippen molar-refractivity contribution in [3.63, 3.8) is 0 Å². The van der Waals surface area contributed by atoms with Gasteiger partial charge < -0.3 is 5.73 Å². The quantitative estimate of drug-likeness (QED) is 0.857. The maximum Gasteiger partial charge on any atom is 0.110 e. The monoisotopic (exact) mass is 224 g/mol. The van der Waals surface area contributed by atoms with Gasteiger partial charge in [0.1, 0.15) is 5.01 Å². The summed E-state index contributed by atoms with van der Waals surface area (Å²) in [5, 5.41) is 1.16. The van der Waals surface area contributed by atoms with Gasteiger partial charge >= 0.3 is 0 Å². The fraction of sp³-hybridized carbons (Fsp3) is 0.750. The van der Waals surface area contributed by atoms with Crippen molar-refractivity contribution < 1.29 is 0 Å². The second kappa shape index (κ2) is 4.62. The highest BCUT2D eigenvalue weighted by molar-refractivity contribution is 7.11. The smallest absolute Gasteiger partial charge is 0.110 e. The average Bonchev–Trinajstić information content (AvgIpc) is 2.59. The zero-order valence-corrected chi connectivity index (χ0v) is 10.4. The molecule has 3 heteroatoms. The molecule has 0 bridgehead atoms. The van der Waals surface area contributed by atoms with Gasteiger partial charge in [-0.3, -0.25) is 0 Å². The molecule has 1 atom stereocenters. The van der Waals surface area contributed by atoms with Crippen LogP contribution in [0.4, 0.5) is 0 Å². The van der Waals surface area contributed by atoms with E-state index >= 15 is 0 Å². The molecule has 1 aromatic rings. The van der Waals surface area contributed by atoms with E-state index in [1.807, 2.05) is 11.3 Å². The Bertz CT molecular complexity index is 307. The first-order chi connectivity index (χ1) is 7.16. The molecule has 1 aromatic heterocycles. The second-order valence-corrected chi connectivity index (χ2v) is 5.98. The lowest BCUT2D eigenvalue weighted by Gasteiger charge is -2.10. The van der Waals surface area contributed by atoms with Gasteiger partial charge in [0.05, 0.1) is 11.7 Å². The minimum absolute atomic E-state index is 0.153. The SMILES string of the molecule is CC(C)CC(N)c1nc2c(s1)CCCC2.